The van der Waals surface area contributed by atoms with Gasteiger partial charge in [-0.3, -0.25) is 4.90 Å². The van der Waals surface area contributed by atoms with Gasteiger partial charge in [-0.15, -0.1) is 12.4 Å². The molecular formula is C19H29ClN2. The topological polar surface area (TPSA) is 6.48 Å². The Balaban J connectivity index is 0.00000176. The fourth-order valence-electron chi connectivity index (χ4n) is 3.53. The lowest BCUT2D eigenvalue weighted by molar-refractivity contribution is 0.254. The van der Waals surface area contributed by atoms with Crippen LogP contribution in [0.2, 0.25) is 0 Å². The van der Waals surface area contributed by atoms with Crippen molar-refractivity contribution in [3.63, 3.8) is 0 Å². The molecule has 2 aliphatic rings. The molecule has 1 fully saturated rings. The van der Waals surface area contributed by atoms with Gasteiger partial charge in [0.1, 0.15) is 0 Å². The second-order valence-electron chi connectivity index (χ2n) is 6.32. The van der Waals surface area contributed by atoms with E-state index in [1.54, 1.807) is 5.57 Å². The number of benzene rings is 1. The molecule has 1 aromatic rings. The van der Waals surface area contributed by atoms with Crippen molar-refractivity contribution >= 4 is 23.7 Å². The second kappa shape index (κ2) is 8.59. The van der Waals surface area contributed by atoms with Crippen LogP contribution < -0.4 is 4.90 Å². The van der Waals surface area contributed by atoms with Crippen molar-refractivity contribution in [3.8, 4) is 0 Å². The number of hydrogen-bond donors (Lipinski definition) is 0. The Hall–Kier alpha value is -0.990. The molecule has 0 radical (unpaired) electrons. The van der Waals surface area contributed by atoms with Crippen LogP contribution in [0.4, 0.5) is 5.69 Å². The molecule has 0 amide bonds. The first-order valence-electron chi connectivity index (χ1n) is 8.64. The highest BCUT2D eigenvalue weighted by Gasteiger charge is 2.20. The lowest BCUT2D eigenvalue weighted by atomic mass is 10.0. The summed E-state index contributed by atoms with van der Waals surface area (Å²) in [7, 11) is 0. The monoisotopic (exact) mass is 320 g/mol. The first-order valence-corrected chi connectivity index (χ1v) is 8.64. The number of hydrogen-bond acceptors (Lipinski definition) is 2. The van der Waals surface area contributed by atoms with Crippen LogP contribution in [0.1, 0.15) is 44.6 Å². The molecule has 0 N–H and O–H groups in total. The van der Waals surface area contributed by atoms with Gasteiger partial charge in [0.05, 0.1) is 0 Å². The van der Waals surface area contributed by atoms with Gasteiger partial charge in [-0.25, -0.2) is 0 Å². The van der Waals surface area contributed by atoms with Crippen molar-refractivity contribution in [1.82, 2.24) is 4.90 Å². The third-order valence-electron chi connectivity index (χ3n) is 4.83. The number of halogens is 1. The number of nitrogens with zero attached hydrogens (tertiary/aromatic N) is 2. The van der Waals surface area contributed by atoms with Crippen LogP contribution in [0.3, 0.4) is 0 Å². The Bertz CT molecular complexity index is 490. The number of piperazine rings is 1. The van der Waals surface area contributed by atoms with Gasteiger partial charge in [-0.2, -0.15) is 0 Å². The van der Waals surface area contributed by atoms with Crippen LogP contribution in [-0.4, -0.2) is 37.6 Å². The van der Waals surface area contributed by atoms with Crippen LogP contribution in [0, 0.1) is 0 Å². The smallest absolute Gasteiger partial charge is 0.0443 e. The minimum Gasteiger partial charge on any atom is -0.368 e. The fraction of sp³-hybridized carbons (Fsp3) is 0.579. The van der Waals surface area contributed by atoms with E-state index in [1.807, 2.05) is 0 Å². The van der Waals surface area contributed by atoms with E-state index in [0.717, 1.165) is 0 Å². The molecule has 122 valence electrons. The van der Waals surface area contributed by atoms with E-state index in [4.69, 9.17) is 0 Å². The predicted molar refractivity (Wildman–Crippen MR) is 99.1 cm³/mol. The van der Waals surface area contributed by atoms with Crippen molar-refractivity contribution in [2.45, 2.75) is 39.0 Å². The van der Waals surface area contributed by atoms with E-state index in [9.17, 15) is 0 Å². The van der Waals surface area contributed by atoms with Crippen LogP contribution in [-0.2, 0) is 0 Å². The molecule has 0 unspecified atom stereocenters. The molecule has 1 saturated heterocycles. The first-order chi connectivity index (χ1) is 10.4. The molecule has 1 heterocycles. The zero-order chi connectivity index (χ0) is 14.5. The third-order valence-corrected chi connectivity index (χ3v) is 4.83. The summed E-state index contributed by atoms with van der Waals surface area (Å²) in [5.41, 5.74) is 4.51. The van der Waals surface area contributed by atoms with Crippen molar-refractivity contribution in [2.75, 3.05) is 37.6 Å². The number of anilines is 1. The van der Waals surface area contributed by atoms with Gasteiger partial charge in [-0.1, -0.05) is 37.6 Å². The van der Waals surface area contributed by atoms with E-state index in [0.29, 0.717) is 0 Å². The van der Waals surface area contributed by atoms with E-state index in [1.165, 1.54) is 76.1 Å². The summed E-state index contributed by atoms with van der Waals surface area (Å²) in [6.07, 6.45) is 8.92. The predicted octanol–water partition coefficient (Wildman–Crippen LogP) is 4.60. The van der Waals surface area contributed by atoms with E-state index < -0.39 is 0 Å². The summed E-state index contributed by atoms with van der Waals surface area (Å²) in [4.78, 5) is 5.22. The summed E-state index contributed by atoms with van der Waals surface area (Å²) in [5.74, 6) is 0. The fourth-order valence-corrected chi connectivity index (χ4v) is 3.53. The largest absolute Gasteiger partial charge is 0.368 e. The van der Waals surface area contributed by atoms with Crippen molar-refractivity contribution < 1.29 is 0 Å². The molecule has 22 heavy (non-hydrogen) atoms. The number of para-hydroxylation sites is 1. The third kappa shape index (κ3) is 4.05. The molecule has 3 rings (SSSR count). The maximum Gasteiger partial charge on any atom is 0.0443 e. The van der Waals surface area contributed by atoms with Crippen LogP contribution in [0.15, 0.2) is 30.3 Å². The first kappa shape index (κ1) is 17.4. The van der Waals surface area contributed by atoms with Gasteiger partial charge < -0.3 is 4.90 Å². The average molecular weight is 321 g/mol. The second-order valence-corrected chi connectivity index (χ2v) is 6.32. The molecule has 0 aromatic heterocycles. The Kier molecular flexibility index (Phi) is 6.78. The molecular weight excluding hydrogens is 292 g/mol. The highest BCUT2D eigenvalue weighted by molar-refractivity contribution is 5.85. The zero-order valence-electron chi connectivity index (χ0n) is 13.8. The highest BCUT2D eigenvalue weighted by Crippen LogP contribution is 2.34. The number of rotatable bonds is 5. The maximum absolute atomic E-state index is 2.62. The lowest BCUT2D eigenvalue weighted by Gasteiger charge is -2.37. The van der Waals surface area contributed by atoms with Crippen LogP contribution >= 0.6 is 12.4 Å². The molecule has 0 spiro atoms. The van der Waals surface area contributed by atoms with Crippen LogP contribution in [0.25, 0.3) is 5.57 Å². The molecule has 1 aliphatic carbocycles. The molecule has 0 atom stereocenters. The van der Waals surface area contributed by atoms with Gasteiger partial charge in [0.15, 0.2) is 0 Å². The Morgan fingerprint density at radius 1 is 1.05 bits per heavy atom. The SMILES string of the molecule is CCCCN1CCN(c2ccccc2C2=CCCC2)CC1.Cl. The van der Waals surface area contributed by atoms with Crippen molar-refractivity contribution in [1.29, 1.82) is 0 Å². The minimum atomic E-state index is 0. The van der Waals surface area contributed by atoms with E-state index >= 15 is 0 Å². The quantitative estimate of drug-likeness (QED) is 0.782. The molecule has 2 nitrogen and oxygen atoms in total. The van der Waals surface area contributed by atoms with Crippen molar-refractivity contribution in [3.05, 3.63) is 35.9 Å². The van der Waals surface area contributed by atoms with Crippen molar-refractivity contribution in [2.24, 2.45) is 0 Å². The van der Waals surface area contributed by atoms with Gasteiger partial charge in [-0.05, 0) is 43.9 Å². The maximum atomic E-state index is 2.62. The summed E-state index contributed by atoms with van der Waals surface area (Å²) >= 11 is 0. The minimum absolute atomic E-state index is 0. The normalized spacial score (nSPS) is 19.0. The zero-order valence-corrected chi connectivity index (χ0v) is 14.6. The molecule has 0 bridgehead atoms. The summed E-state index contributed by atoms with van der Waals surface area (Å²) in [5, 5.41) is 0. The van der Waals surface area contributed by atoms with Gasteiger partial charge in [0.2, 0.25) is 0 Å². The Labute approximate surface area is 141 Å². The number of allylic oxidation sites excluding steroid dienone is 2. The summed E-state index contributed by atoms with van der Waals surface area (Å²) < 4.78 is 0. The molecule has 1 aromatic carbocycles. The molecule has 0 saturated carbocycles. The lowest BCUT2D eigenvalue weighted by Crippen LogP contribution is -2.46. The summed E-state index contributed by atoms with van der Waals surface area (Å²) in [6, 6.07) is 9.01. The van der Waals surface area contributed by atoms with E-state index in [-0.39, 0.29) is 12.4 Å². The van der Waals surface area contributed by atoms with Gasteiger partial charge in [0.25, 0.3) is 0 Å². The van der Waals surface area contributed by atoms with E-state index in [2.05, 4.69) is 47.1 Å². The Morgan fingerprint density at radius 3 is 2.50 bits per heavy atom. The Morgan fingerprint density at radius 2 is 1.82 bits per heavy atom. The summed E-state index contributed by atoms with van der Waals surface area (Å²) in [6.45, 7) is 8.34. The van der Waals surface area contributed by atoms with Gasteiger partial charge in [0, 0.05) is 37.4 Å². The van der Waals surface area contributed by atoms with Crippen LogP contribution in [0.5, 0.6) is 0 Å². The standard InChI is InChI=1S/C19H28N2.ClH/c1-2-3-12-20-13-15-21(16-14-20)19-11-7-6-10-18(19)17-8-4-5-9-17;/h6-8,10-11H,2-5,9,12-16H2,1H3;1H. The highest BCUT2D eigenvalue weighted by atomic mass is 35.5. The molecule has 1 aliphatic heterocycles. The number of unbranched alkanes of at least 4 members (excludes halogenated alkanes) is 1. The average Bonchev–Trinajstić information content (AvgIpc) is 3.08. The van der Waals surface area contributed by atoms with Gasteiger partial charge >= 0.3 is 0 Å². The molecule has 3 heteroatoms.